The van der Waals surface area contributed by atoms with Crippen molar-refractivity contribution in [3.8, 4) is 5.75 Å². The fourth-order valence-corrected chi connectivity index (χ4v) is 3.84. The molecule has 1 aromatic heterocycles. The second-order valence-electron chi connectivity index (χ2n) is 7.55. The Hall–Kier alpha value is -3.46. The van der Waals surface area contributed by atoms with E-state index >= 15 is 0 Å². The fraction of sp³-hybridized carbons (Fsp3) is 0.333. The molecule has 9 heteroatoms. The Balaban J connectivity index is 1.45. The van der Waals surface area contributed by atoms with Gasteiger partial charge in [0.05, 0.1) is 25.1 Å². The number of fused-ring (bicyclic) bond motifs is 1. The van der Waals surface area contributed by atoms with Crippen molar-refractivity contribution in [2.75, 3.05) is 14.2 Å². The van der Waals surface area contributed by atoms with Crippen LogP contribution in [0.3, 0.4) is 0 Å². The predicted octanol–water partition coefficient (Wildman–Crippen LogP) is 3.73. The Kier molecular flexibility index (Phi) is 8.37. The topological polar surface area (TPSA) is 102 Å². The molecule has 3 aromatic rings. The number of H-pyrrole nitrogens is 1. The van der Waals surface area contributed by atoms with Gasteiger partial charge in [-0.25, -0.2) is 4.79 Å². The number of aromatic nitrogens is 2. The van der Waals surface area contributed by atoms with Crippen LogP contribution in [0.4, 0.5) is 0 Å². The number of ether oxygens (including phenoxy) is 2. The summed E-state index contributed by atoms with van der Waals surface area (Å²) in [6.07, 6.45) is 2.60. The lowest BCUT2D eigenvalue weighted by molar-refractivity contribution is -0.121. The first-order valence-electron chi connectivity index (χ1n) is 10.7. The number of benzene rings is 2. The van der Waals surface area contributed by atoms with E-state index in [1.165, 1.54) is 14.2 Å². The van der Waals surface area contributed by atoms with Crippen LogP contribution >= 0.6 is 12.2 Å². The molecule has 8 nitrogen and oxygen atoms in total. The van der Waals surface area contributed by atoms with Crippen molar-refractivity contribution < 1.29 is 19.1 Å². The van der Waals surface area contributed by atoms with Crippen molar-refractivity contribution in [2.24, 2.45) is 0 Å². The SMILES string of the molecule is COC(=O)c1cc(CNC(=O)CCCCCn2c(=S)[nH]c3ccccc3c2=O)ccc1OC. The van der Waals surface area contributed by atoms with Crippen LogP contribution in [0.15, 0.2) is 47.3 Å². The van der Waals surface area contributed by atoms with E-state index in [0.717, 1.165) is 23.9 Å². The Bertz CT molecular complexity index is 1260. The number of carbonyl (C=O) groups excluding carboxylic acids is 2. The summed E-state index contributed by atoms with van der Waals surface area (Å²) in [7, 11) is 2.79. The summed E-state index contributed by atoms with van der Waals surface area (Å²) < 4.78 is 11.9. The van der Waals surface area contributed by atoms with E-state index in [1.807, 2.05) is 18.2 Å². The molecule has 174 valence electrons. The number of hydrogen-bond acceptors (Lipinski definition) is 6. The van der Waals surface area contributed by atoms with Gasteiger partial charge in [0.25, 0.3) is 5.56 Å². The number of rotatable bonds is 10. The number of nitrogens with zero attached hydrogens (tertiary/aromatic N) is 1. The molecule has 1 heterocycles. The van der Waals surface area contributed by atoms with Gasteiger partial charge in [-0.15, -0.1) is 0 Å². The van der Waals surface area contributed by atoms with Gasteiger partial charge >= 0.3 is 5.97 Å². The normalized spacial score (nSPS) is 10.7. The summed E-state index contributed by atoms with van der Waals surface area (Å²) >= 11 is 5.32. The summed E-state index contributed by atoms with van der Waals surface area (Å²) in [6.45, 7) is 0.803. The first-order chi connectivity index (χ1) is 15.9. The Labute approximate surface area is 196 Å². The Morgan fingerprint density at radius 1 is 1.09 bits per heavy atom. The average Bonchev–Trinajstić information content (AvgIpc) is 2.83. The second-order valence-corrected chi connectivity index (χ2v) is 7.93. The van der Waals surface area contributed by atoms with E-state index < -0.39 is 5.97 Å². The van der Waals surface area contributed by atoms with Crippen LogP contribution in [0.1, 0.15) is 41.6 Å². The Morgan fingerprint density at radius 3 is 2.64 bits per heavy atom. The second kappa shape index (κ2) is 11.4. The van der Waals surface area contributed by atoms with Crippen molar-refractivity contribution in [2.45, 2.75) is 38.8 Å². The van der Waals surface area contributed by atoms with E-state index in [-0.39, 0.29) is 11.5 Å². The first-order valence-corrected chi connectivity index (χ1v) is 11.1. The fourth-order valence-electron chi connectivity index (χ4n) is 3.56. The maximum absolute atomic E-state index is 12.6. The predicted molar refractivity (Wildman–Crippen MR) is 128 cm³/mol. The minimum absolute atomic E-state index is 0.0781. The van der Waals surface area contributed by atoms with Crippen LogP contribution < -0.4 is 15.6 Å². The zero-order chi connectivity index (χ0) is 23.8. The highest BCUT2D eigenvalue weighted by Gasteiger charge is 2.14. The van der Waals surface area contributed by atoms with Crippen LogP contribution in [0.25, 0.3) is 10.9 Å². The molecule has 0 aliphatic rings. The van der Waals surface area contributed by atoms with Gasteiger partial charge in [0.2, 0.25) is 5.91 Å². The zero-order valence-corrected chi connectivity index (χ0v) is 19.5. The third-order valence-electron chi connectivity index (χ3n) is 5.33. The van der Waals surface area contributed by atoms with Crippen LogP contribution in [0.2, 0.25) is 0 Å². The van der Waals surface area contributed by atoms with Crippen molar-refractivity contribution in [3.05, 3.63) is 68.7 Å². The summed E-state index contributed by atoms with van der Waals surface area (Å²) in [6, 6.07) is 12.4. The number of esters is 1. The molecule has 33 heavy (non-hydrogen) atoms. The van der Waals surface area contributed by atoms with Gasteiger partial charge in [0.15, 0.2) is 4.77 Å². The largest absolute Gasteiger partial charge is 0.496 e. The standard InChI is InChI=1S/C24H27N3O5S/c1-31-20-12-11-16(14-18(20)23(30)32-2)15-25-21(28)10-4-3-7-13-27-22(29)17-8-5-6-9-19(17)26-24(27)33/h5-6,8-9,11-12,14H,3-4,7,10,13,15H2,1-2H3,(H,25,28)(H,26,33). The molecule has 0 radical (unpaired) electrons. The van der Waals surface area contributed by atoms with Gasteiger partial charge in [-0.1, -0.05) is 24.6 Å². The summed E-state index contributed by atoms with van der Waals surface area (Å²) in [5, 5.41) is 3.47. The Morgan fingerprint density at radius 2 is 1.88 bits per heavy atom. The molecular formula is C24H27N3O5S. The number of hydrogen-bond donors (Lipinski definition) is 2. The lowest BCUT2D eigenvalue weighted by Gasteiger charge is -2.10. The first kappa shape index (κ1) is 24.2. The van der Waals surface area contributed by atoms with Gasteiger partial charge in [-0.3, -0.25) is 14.2 Å². The molecule has 2 aromatic carbocycles. The van der Waals surface area contributed by atoms with Crippen molar-refractivity contribution in [3.63, 3.8) is 0 Å². The molecule has 3 rings (SSSR count). The van der Waals surface area contributed by atoms with E-state index in [4.69, 9.17) is 21.7 Å². The van der Waals surface area contributed by atoms with Crippen LogP contribution in [-0.2, 0) is 22.6 Å². The quantitative estimate of drug-likeness (QED) is 0.266. The third-order valence-corrected chi connectivity index (χ3v) is 5.66. The molecule has 0 unspecified atom stereocenters. The van der Waals surface area contributed by atoms with E-state index in [1.54, 1.807) is 28.8 Å². The number of amides is 1. The molecule has 0 saturated carbocycles. The molecule has 0 aliphatic heterocycles. The summed E-state index contributed by atoms with van der Waals surface area (Å²) in [4.78, 5) is 39.8. The molecular weight excluding hydrogens is 442 g/mol. The molecule has 0 atom stereocenters. The van der Waals surface area contributed by atoms with E-state index in [2.05, 4.69) is 10.3 Å². The van der Waals surface area contributed by atoms with Crippen LogP contribution in [0.5, 0.6) is 5.75 Å². The van der Waals surface area contributed by atoms with Gasteiger partial charge in [0, 0.05) is 19.5 Å². The molecule has 0 fully saturated rings. The maximum Gasteiger partial charge on any atom is 0.341 e. The number of para-hydroxylation sites is 1. The highest BCUT2D eigenvalue weighted by Crippen LogP contribution is 2.20. The average molecular weight is 470 g/mol. The van der Waals surface area contributed by atoms with Crippen LogP contribution in [-0.4, -0.2) is 35.6 Å². The maximum atomic E-state index is 12.6. The molecule has 0 aliphatic carbocycles. The summed E-state index contributed by atoms with van der Waals surface area (Å²) in [5.74, 6) is -0.154. The van der Waals surface area contributed by atoms with Gasteiger partial charge in [-0.2, -0.15) is 0 Å². The number of methoxy groups -OCH3 is 2. The lowest BCUT2D eigenvalue weighted by atomic mass is 10.1. The zero-order valence-electron chi connectivity index (χ0n) is 18.7. The number of unbranched alkanes of at least 4 members (excludes halogenated alkanes) is 2. The minimum atomic E-state index is -0.495. The molecule has 0 bridgehead atoms. The van der Waals surface area contributed by atoms with Crippen molar-refractivity contribution in [1.82, 2.24) is 14.9 Å². The highest BCUT2D eigenvalue weighted by atomic mass is 32.1. The number of aromatic amines is 1. The lowest BCUT2D eigenvalue weighted by Crippen LogP contribution is -2.23. The van der Waals surface area contributed by atoms with Crippen LogP contribution in [0, 0.1) is 4.77 Å². The number of carbonyl (C=O) groups is 2. The minimum Gasteiger partial charge on any atom is -0.496 e. The van der Waals surface area contributed by atoms with E-state index in [9.17, 15) is 14.4 Å². The smallest absolute Gasteiger partial charge is 0.341 e. The third kappa shape index (κ3) is 6.07. The monoisotopic (exact) mass is 469 g/mol. The highest BCUT2D eigenvalue weighted by molar-refractivity contribution is 7.71. The molecule has 0 saturated heterocycles. The van der Waals surface area contributed by atoms with Gasteiger partial charge < -0.3 is 19.8 Å². The van der Waals surface area contributed by atoms with Gasteiger partial charge in [0.1, 0.15) is 11.3 Å². The summed E-state index contributed by atoms with van der Waals surface area (Å²) in [5.41, 5.74) is 1.72. The molecule has 1 amide bonds. The molecule has 2 N–H and O–H groups in total. The number of nitrogens with one attached hydrogen (secondary N) is 2. The van der Waals surface area contributed by atoms with Crippen molar-refractivity contribution >= 4 is 35.0 Å². The molecule has 0 spiro atoms. The van der Waals surface area contributed by atoms with Gasteiger partial charge in [-0.05, 0) is 54.9 Å². The van der Waals surface area contributed by atoms with E-state index in [0.29, 0.717) is 47.4 Å². The van der Waals surface area contributed by atoms with Crippen molar-refractivity contribution in [1.29, 1.82) is 0 Å².